The number of piperidine rings is 1. The Bertz CT molecular complexity index is 1470. The quantitative estimate of drug-likeness (QED) is 0.384. The fourth-order valence-corrected chi connectivity index (χ4v) is 7.01. The van der Waals surface area contributed by atoms with Gasteiger partial charge in [-0.05, 0) is 82.3 Å². The average molecular weight is 653 g/mol. The lowest BCUT2D eigenvalue weighted by molar-refractivity contribution is -0.143. The fourth-order valence-electron chi connectivity index (χ4n) is 6.79. The molecule has 46 heavy (non-hydrogen) atoms. The number of amides is 3. The van der Waals surface area contributed by atoms with E-state index in [9.17, 15) is 14.4 Å². The van der Waals surface area contributed by atoms with Gasteiger partial charge in [0.2, 0.25) is 11.8 Å². The van der Waals surface area contributed by atoms with E-state index in [1.54, 1.807) is 57.0 Å². The maximum Gasteiger partial charge on any atom is 0.408 e. The van der Waals surface area contributed by atoms with Gasteiger partial charge in [0.05, 0.1) is 26.0 Å². The molecular formula is C35H45ClN4O6. The molecule has 2 aromatic rings. The van der Waals surface area contributed by atoms with Gasteiger partial charge >= 0.3 is 6.09 Å². The second-order valence-corrected chi connectivity index (χ2v) is 13.8. The smallest absolute Gasteiger partial charge is 0.408 e. The van der Waals surface area contributed by atoms with Gasteiger partial charge in [-0.3, -0.25) is 9.59 Å². The van der Waals surface area contributed by atoms with Crippen LogP contribution in [0.1, 0.15) is 70.4 Å². The monoisotopic (exact) mass is 652 g/mol. The molecule has 2 heterocycles. The number of benzene rings is 2. The Morgan fingerprint density at radius 2 is 1.67 bits per heavy atom. The van der Waals surface area contributed by atoms with Crippen LogP contribution in [-0.4, -0.2) is 78.5 Å². The summed E-state index contributed by atoms with van der Waals surface area (Å²) >= 11 is 6.21. The zero-order valence-corrected chi connectivity index (χ0v) is 28.1. The molecular weight excluding hydrogens is 608 g/mol. The van der Waals surface area contributed by atoms with Crippen molar-refractivity contribution in [2.24, 2.45) is 16.9 Å². The van der Waals surface area contributed by atoms with Crippen molar-refractivity contribution in [1.29, 1.82) is 0 Å². The maximum absolute atomic E-state index is 13.9. The number of nitrogens with zero attached hydrogens (tertiary/aromatic N) is 3. The van der Waals surface area contributed by atoms with E-state index in [0.717, 1.165) is 42.5 Å². The lowest BCUT2D eigenvalue weighted by Gasteiger charge is -2.43. The predicted molar refractivity (Wildman–Crippen MR) is 176 cm³/mol. The zero-order valence-electron chi connectivity index (χ0n) is 27.4. The minimum absolute atomic E-state index is 0.0587. The van der Waals surface area contributed by atoms with E-state index in [1.165, 1.54) is 0 Å². The number of halogens is 1. The van der Waals surface area contributed by atoms with E-state index in [1.807, 2.05) is 30.3 Å². The van der Waals surface area contributed by atoms with E-state index >= 15 is 0 Å². The summed E-state index contributed by atoms with van der Waals surface area (Å²) < 4.78 is 16.5. The van der Waals surface area contributed by atoms with Crippen molar-refractivity contribution in [3.05, 3.63) is 58.6 Å². The highest BCUT2D eigenvalue weighted by Gasteiger charge is 2.44. The van der Waals surface area contributed by atoms with Crippen molar-refractivity contribution in [1.82, 2.24) is 15.2 Å². The highest BCUT2D eigenvalue weighted by atomic mass is 35.5. The van der Waals surface area contributed by atoms with Gasteiger partial charge in [0.15, 0.2) is 11.5 Å². The standard InChI is InChI=1S/C35H45ClN4O6/c1-35(2,3)46-34(43)37-28(20-22-9-8-10-24(36)19-22)33(42)39-17-15-25(16-18-39)40-32(41)27-12-7-6-11-26(27)31(38-40)23-13-14-29(44-4)30(21-23)45-5/h8-10,13-14,19,21,25-28H,6-7,11-12,15-18,20H2,1-5H3,(H,37,43)/t26-,27+,28+/m0/s1. The molecule has 2 aromatic carbocycles. The highest BCUT2D eigenvalue weighted by Crippen LogP contribution is 2.40. The molecule has 1 saturated heterocycles. The van der Waals surface area contributed by atoms with Crippen molar-refractivity contribution in [2.45, 2.75) is 83.4 Å². The second-order valence-electron chi connectivity index (χ2n) is 13.3. The Morgan fingerprint density at radius 1 is 0.978 bits per heavy atom. The normalized spacial score (nSPS) is 21.2. The van der Waals surface area contributed by atoms with Crippen LogP contribution in [0.5, 0.6) is 11.5 Å². The highest BCUT2D eigenvalue weighted by molar-refractivity contribution is 6.30. The Labute approximate surface area is 276 Å². The molecule has 3 amide bonds. The summed E-state index contributed by atoms with van der Waals surface area (Å²) in [6, 6.07) is 12.1. The first-order chi connectivity index (χ1) is 22.0. The summed E-state index contributed by atoms with van der Waals surface area (Å²) in [6.45, 7) is 6.21. The summed E-state index contributed by atoms with van der Waals surface area (Å²) in [6.07, 6.45) is 4.61. The second kappa shape index (κ2) is 14.3. The third-order valence-corrected chi connectivity index (χ3v) is 9.23. The first-order valence-corrected chi connectivity index (χ1v) is 16.5. The molecule has 0 radical (unpaired) electrons. The molecule has 0 bridgehead atoms. The molecule has 0 spiro atoms. The third kappa shape index (κ3) is 7.77. The van der Waals surface area contributed by atoms with Crippen LogP contribution in [-0.2, 0) is 20.7 Å². The van der Waals surface area contributed by atoms with Gasteiger partial charge in [0.25, 0.3) is 0 Å². The number of alkyl carbamates (subject to hydrolysis) is 1. The summed E-state index contributed by atoms with van der Waals surface area (Å²) in [5.41, 5.74) is 1.96. The number of methoxy groups -OCH3 is 2. The number of carbonyl (C=O) groups excluding carboxylic acids is 3. The van der Waals surface area contributed by atoms with Gasteiger partial charge in [-0.2, -0.15) is 5.10 Å². The van der Waals surface area contributed by atoms with Crippen LogP contribution in [0.25, 0.3) is 0 Å². The van der Waals surface area contributed by atoms with Crippen LogP contribution < -0.4 is 14.8 Å². The first kappa shape index (κ1) is 33.6. The van der Waals surface area contributed by atoms with Crippen LogP contribution in [0.2, 0.25) is 5.02 Å². The van der Waals surface area contributed by atoms with Gasteiger partial charge in [-0.15, -0.1) is 0 Å². The van der Waals surface area contributed by atoms with Gasteiger partial charge in [-0.25, -0.2) is 9.80 Å². The van der Waals surface area contributed by atoms with Gasteiger partial charge in [-0.1, -0.05) is 36.6 Å². The van der Waals surface area contributed by atoms with Gasteiger partial charge in [0, 0.05) is 41.9 Å². The number of likely N-dealkylation sites (tertiary alicyclic amines) is 1. The van der Waals surface area contributed by atoms with Gasteiger partial charge in [0.1, 0.15) is 11.6 Å². The number of hydrogen-bond acceptors (Lipinski definition) is 7. The molecule has 3 aliphatic rings. The predicted octanol–water partition coefficient (Wildman–Crippen LogP) is 5.84. The number of carbonyl (C=O) groups is 3. The van der Waals surface area contributed by atoms with Crippen LogP contribution in [0.3, 0.4) is 0 Å². The summed E-state index contributed by atoms with van der Waals surface area (Å²) in [4.78, 5) is 42.2. The molecule has 3 atom stereocenters. The molecule has 2 aliphatic heterocycles. The molecule has 1 N–H and O–H groups in total. The molecule has 2 fully saturated rings. The van der Waals surface area contributed by atoms with E-state index in [-0.39, 0.29) is 36.1 Å². The molecule has 1 aliphatic carbocycles. The Kier molecular flexibility index (Phi) is 10.5. The van der Waals surface area contributed by atoms with Crippen LogP contribution in [0, 0.1) is 11.8 Å². The average Bonchev–Trinajstić information content (AvgIpc) is 3.03. The minimum atomic E-state index is -0.834. The Hall–Kier alpha value is -3.79. The number of hydrogen-bond donors (Lipinski definition) is 1. The summed E-state index contributed by atoms with van der Waals surface area (Å²) in [5, 5.41) is 10.1. The Morgan fingerprint density at radius 3 is 2.33 bits per heavy atom. The number of ether oxygens (including phenoxy) is 3. The molecule has 11 heteroatoms. The van der Waals surface area contributed by atoms with Crippen molar-refractivity contribution in [2.75, 3.05) is 27.3 Å². The van der Waals surface area contributed by atoms with Crippen molar-refractivity contribution in [3.8, 4) is 11.5 Å². The van der Waals surface area contributed by atoms with Crippen LogP contribution >= 0.6 is 11.6 Å². The summed E-state index contributed by atoms with van der Waals surface area (Å²) in [5.74, 6) is 1.08. The van der Waals surface area contributed by atoms with Crippen molar-refractivity contribution < 1.29 is 28.6 Å². The zero-order chi connectivity index (χ0) is 33.0. The fraction of sp³-hybridized carbons (Fsp3) is 0.543. The van der Waals surface area contributed by atoms with E-state index < -0.39 is 17.7 Å². The number of fused-ring (bicyclic) bond motifs is 1. The van der Waals surface area contributed by atoms with Crippen molar-refractivity contribution in [3.63, 3.8) is 0 Å². The van der Waals surface area contributed by atoms with Gasteiger partial charge < -0.3 is 24.4 Å². The van der Waals surface area contributed by atoms with Crippen LogP contribution in [0.4, 0.5) is 4.79 Å². The molecule has 1 saturated carbocycles. The number of hydrazone groups is 1. The van der Waals surface area contributed by atoms with E-state index in [0.29, 0.717) is 42.5 Å². The number of rotatable bonds is 8. The van der Waals surface area contributed by atoms with E-state index in [2.05, 4.69) is 5.32 Å². The largest absolute Gasteiger partial charge is 0.493 e. The maximum atomic E-state index is 13.9. The molecule has 0 unspecified atom stereocenters. The minimum Gasteiger partial charge on any atom is -0.493 e. The summed E-state index contributed by atoms with van der Waals surface area (Å²) in [7, 11) is 3.22. The molecule has 5 rings (SSSR count). The third-order valence-electron chi connectivity index (χ3n) is 8.99. The number of nitrogens with one attached hydrogen (secondary N) is 1. The first-order valence-electron chi connectivity index (χ1n) is 16.1. The topological polar surface area (TPSA) is 110 Å². The molecule has 248 valence electrons. The SMILES string of the molecule is COc1ccc(C2=NN(C3CCN(C(=O)[C@@H](Cc4cccc(Cl)c4)NC(=O)OC(C)(C)C)CC3)C(=O)[C@@H]3CCCC[C@H]23)cc1OC. The molecule has 0 aromatic heterocycles. The van der Waals surface area contributed by atoms with E-state index in [4.69, 9.17) is 30.9 Å². The lowest BCUT2D eigenvalue weighted by atomic mass is 9.73. The Balaban J connectivity index is 1.33. The lowest BCUT2D eigenvalue weighted by Crippen LogP contribution is -2.56. The van der Waals surface area contributed by atoms with Crippen LogP contribution in [0.15, 0.2) is 47.6 Å². The van der Waals surface area contributed by atoms with Crippen molar-refractivity contribution >= 4 is 35.2 Å². The molecule has 10 nitrogen and oxygen atoms in total.